The first kappa shape index (κ1) is 23.6. The third-order valence-corrected chi connectivity index (χ3v) is 6.95. The third kappa shape index (κ3) is 5.17. The smallest absolute Gasteiger partial charge is 0.274 e. The van der Waals surface area contributed by atoms with Gasteiger partial charge in [0.15, 0.2) is 0 Å². The van der Waals surface area contributed by atoms with Crippen LogP contribution in [0.3, 0.4) is 0 Å². The number of imidazole rings is 1. The van der Waals surface area contributed by atoms with Gasteiger partial charge in [-0.1, -0.05) is 37.4 Å². The summed E-state index contributed by atoms with van der Waals surface area (Å²) in [6.07, 6.45) is 5.94. The van der Waals surface area contributed by atoms with Gasteiger partial charge in [-0.3, -0.25) is 14.6 Å². The second-order valence-corrected chi connectivity index (χ2v) is 9.31. The number of hydrogen-bond donors (Lipinski definition) is 2. The van der Waals surface area contributed by atoms with Gasteiger partial charge in [0.05, 0.1) is 23.9 Å². The molecule has 0 saturated heterocycles. The highest BCUT2D eigenvalue weighted by Gasteiger charge is 2.24. The summed E-state index contributed by atoms with van der Waals surface area (Å²) in [5.74, 6) is 0.936. The van der Waals surface area contributed by atoms with Crippen LogP contribution in [0.1, 0.15) is 57.4 Å². The summed E-state index contributed by atoms with van der Waals surface area (Å²) in [5, 5.41) is 10.9. The monoisotopic (exact) mass is 474 g/mol. The molecule has 1 amide bonds. The van der Waals surface area contributed by atoms with Crippen molar-refractivity contribution in [2.24, 2.45) is 10.9 Å². The van der Waals surface area contributed by atoms with Crippen molar-refractivity contribution in [1.82, 2.24) is 14.5 Å². The fourth-order valence-corrected chi connectivity index (χ4v) is 4.91. The maximum Gasteiger partial charge on any atom is 0.274 e. The van der Waals surface area contributed by atoms with Gasteiger partial charge in [0.25, 0.3) is 5.56 Å². The molecule has 2 aliphatic rings. The van der Waals surface area contributed by atoms with Gasteiger partial charge in [0, 0.05) is 18.5 Å². The Morgan fingerprint density at radius 2 is 2.15 bits per heavy atom. The van der Waals surface area contributed by atoms with E-state index in [1.54, 1.807) is 28.5 Å². The number of aliphatic hydroxyl groups excluding tert-OH is 1. The third-order valence-electron chi connectivity index (χ3n) is 6.54. The summed E-state index contributed by atoms with van der Waals surface area (Å²) in [6.45, 7) is 6.76. The van der Waals surface area contributed by atoms with Crippen molar-refractivity contribution in [3.8, 4) is 5.75 Å². The molecular weight excluding hydrogens is 444 g/mol. The lowest BCUT2D eigenvalue weighted by Gasteiger charge is -2.31. The van der Waals surface area contributed by atoms with E-state index < -0.39 is 6.23 Å². The van der Waals surface area contributed by atoms with E-state index in [4.69, 9.17) is 16.3 Å². The zero-order chi connectivity index (χ0) is 23.5. The normalized spacial score (nSPS) is 16.5. The molecule has 1 atom stereocenters. The second-order valence-electron chi connectivity index (χ2n) is 8.93. The summed E-state index contributed by atoms with van der Waals surface area (Å²) < 4.78 is 7.56. The first-order valence-electron chi connectivity index (χ1n) is 11.6. The van der Waals surface area contributed by atoms with Crippen LogP contribution < -0.4 is 21.3 Å². The number of H-pyrrole nitrogens is 1. The van der Waals surface area contributed by atoms with E-state index in [9.17, 15) is 14.7 Å². The molecule has 8 nitrogen and oxygen atoms in total. The minimum Gasteiger partial charge on any atom is -0.492 e. The second kappa shape index (κ2) is 10.1. The van der Waals surface area contributed by atoms with Crippen molar-refractivity contribution >= 4 is 29.8 Å². The maximum absolute atomic E-state index is 12.7. The maximum atomic E-state index is 12.7. The van der Waals surface area contributed by atoms with Crippen LogP contribution in [0.5, 0.6) is 5.75 Å². The number of amides is 1. The number of aromatic nitrogens is 2. The summed E-state index contributed by atoms with van der Waals surface area (Å²) in [6, 6.07) is 3.55. The van der Waals surface area contributed by atoms with E-state index in [1.165, 1.54) is 19.3 Å². The number of hydrogen-bond acceptors (Lipinski definition) is 5. The minimum absolute atomic E-state index is 0.0534. The van der Waals surface area contributed by atoms with Crippen LogP contribution in [0, 0.1) is 5.92 Å². The van der Waals surface area contributed by atoms with Crippen LogP contribution in [0.25, 0.3) is 6.58 Å². The molecule has 4 rings (SSSR count). The predicted octanol–water partition coefficient (Wildman–Crippen LogP) is 2.46. The number of carbonyl (C=O) groups is 1. The average molecular weight is 475 g/mol. The molecule has 2 heterocycles. The van der Waals surface area contributed by atoms with Crippen molar-refractivity contribution in [3.63, 3.8) is 0 Å². The quantitative estimate of drug-likeness (QED) is 0.387. The van der Waals surface area contributed by atoms with Crippen LogP contribution in [0.2, 0.25) is 5.02 Å². The van der Waals surface area contributed by atoms with Gasteiger partial charge in [-0.25, -0.2) is 4.99 Å². The average Bonchev–Trinajstić information content (AvgIpc) is 3.08. The molecule has 0 radical (unpaired) electrons. The number of benzene rings is 1. The predicted molar refractivity (Wildman–Crippen MR) is 126 cm³/mol. The van der Waals surface area contributed by atoms with Crippen LogP contribution in [0.4, 0.5) is 5.69 Å². The molecule has 1 unspecified atom stereocenters. The van der Waals surface area contributed by atoms with Crippen LogP contribution in [-0.4, -0.2) is 44.8 Å². The Labute approximate surface area is 197 Å². The number of aromatic amines is 1. The molecule has 9 heteroatoms. The van der Waals surface area contributed by atoms with Crippen LogP contribution in [0.15, 0.2) is 21.9 Å². The van der Waals surface area contributed by atoms with Gasteiger partial charge in [-0.05, 0) is 44.2 Å². The molecule has 178 valence electrons. The first-order valence-corrected chi connectivity index (χ1v) is 12.0. The van der Waals surface area contributed by atoms with Crippen molar-refractivity contribution in [3.05, 3.63) is 44.0 Å². The van der Waals surface area contributed by atoms with E-state index in [2.05, 4.69) is 16.6 Å². The number of halogens is 1. The van der Waals surface area contributed by atoms with Crippen LogP contribution >= 0.6 is 11.6 Å². The summed E-state index contributed by atoms with van der Waals surface area (Å²) in [7, 11) is 0. The van der Waals surface area contributed by atoms with Crippen molar-refractivity contribution in [2.75, 3.05) is 13.2 Å². The van der Waals surface area contributed by atoms with Crippen molar-refractivity contribution in [1.29, 1.82) is 0 Å². The molecule has 1 aromatic heterocycles. The summed E-state index contributed by atoms with van der Waals surface area (Å²) >= 11 is 6.58. The number of carbonyl (C=O) groups excluding carboxylic acids is 1. The van der Waals surface area contributed by atoms with Gasteiger partial charge in [-0.2, -0.15) is 0 Å². The number of fused-ring (bicyclic) bond motifs is 2. The fraction of sp³-hybridized carbons (Fsp3) is 0.542. The lowest BCUT2D eigenvalue weighted by molar-refractivity contribution is -0.141. The molecule has 1 saturated carbocycles. The number of rotatable bonds is 8. The topological polar surface area (TPSA) is 99.9 Å². The number of aliphatic hydroxyl groups is 1. The lowest BCUT2D eigenvalue weighted by atomic mass is 9.89. The highest BCUT2D eigenvalue weighted by atomic mass is 35.5. The highest BCUT2D eigenvalue weighted by Crippen LogP contribution is 2.36. The zero-order valence-electron chi connectivity index (χ0n) is 19.0. The fourth-order valence-electron chi connectivity index (χ4n) is 4.64. The van der Waals surface area contributed by atoms with Gasteiger partial charge in [0.2, 0.25) is 11.5 Å². The molecule has 1 aromatic carbocycles. The molecule has 0 spiro atoms. The molecule has 1 aliphatic heterocycles. The molecule has 1 fully saturated rings. The van der Waals surface area contributed by atoms with E-state index in [0.29, 0.717) is 65.9 Å². The molecule has 0 bridgehead atoms. The Kier molecular flexibility index (Phi) is 7.24. The molecule has 2 aromatic rings. The lowest BCUT2D eigenvalue weighted by Crippen LogP contribution is -2.42. The molecule has 2 N–H and O–H groups in total. The first-order chi connectivity index (χ1) is 15.8. The van der Waals surface area contributed by atoms with Gasteiger partial charge >= 0.3 is 0 Å². The molecule has 1 aliphatic carbocycles. The SMILES string of the molecule is C=c1c(=O)[nH]c2n1Cc1c(ccc(OCCCC(=O)N(CC3CCCCC3)C(C)O)c1Cl)N=2. The molecule has 33 heavy (non-hydrogen) atoms. The largest absolute Gasteiger partial charge is 0.492 e. The highest BCUT2D eigenvalue weighted by molar-refractivity contribution is 6.33. The van der Waals surface area contributed by atoms with Crippen molar-refractivity contribution in [2.45, 2.75) is 64.6 Å². The van der Waals surface area contributed by atoms with E-state index in [1.807, 2.05) is 0 Å². The molecular formula is C24H31ClN4O4. The van der Waals surface area contributed by atoms with E-state index in [0.717, 1.165) is 18.4 Å². The Bertz CT molecular complexity index is 1180. The Morgan fingerprint density at radius 3 is 2.88 bits per heavy atom. The summed E-state index contributed by atoms with van der Waals surface area (Å²) in [4.78, 5) is 33.3. The van der Waals surface area contributed by atoms with Crippen molar-refractivity contribution < 1.29 is 14.6 Å². The van der Waals surface area contributed by atoms with Crippen LogP contribution in [-0.2, 0) is 11.3 Å². The van der Waals surface area contributed by atoms with Gasteiger partial charge in [-0.15, -0.1) is 0 Å². The number of nitrogens with one attached hydrogen (secondary N) is 1. The van der Waals surface area contributed by atoms with Gasteiger partial charge < -0.3 is 19.3 Å². The van der Waals surface area contributed by atoms with E-state index >= 15 is 0 Å². The number of ether oxygens (including phenoxy) is 1. The summed E-state index contributed by atoms with van der Waals surface area (Å²) in [5.41, 5.74) is 1.63. The zero-order valence-corrected chi connectivity index (χ0v) is 19.7. The Morgan fingerprint density at radius 1 is 1.39 bits per heavy atom. The minimum atomic E-state index is -0.789. The number of nitrogens with zero attached hydrogens (tertiary/aromatic N) is 3. The Hall–Kier alpha value is -2.58. The van der Waals surface area contributed by atoms with Gasteiger partial charge in [0.1, 0.15) is 17.3 Å². The van der Waals surface area contributed by atoms with E-state index in [-0.39, 0.29) is 11.5 Å². The Balaban J connectivity index is 1.33. The standard InChI is InChI=1S/C24H31ClN4O4/c1-15-23(32)27-24-26-19-10-11-20(22(25)18(19)14-28(15)24)33-12-6-9-21(31)29(16(2)30)13-17-7-4-3-5-8-17/h10-11,16-17,30H,1,3-9,12-14H2,2H3,(H,26,27,32).